The number of hydrogen-bond donors (Lipinski definition) is 2. The Bertz CT molecular complexity index is 427. The van der Waals surface area contributed by atoms with Gasteiger partial charge in [-0.25, -0.2) is 4.79 Å². The van der Waals surface area contributed by atoms with E-state index in [0.717, 1.165) is 0 Å². The number of esters is 1. The minimum absolute atomic E-state index is 0.186. The summed E-state index contributed by atoms with van der Waals surface area (Å²) >= 11 is 0. The molecule has 0 aromatic heterocycles. The zero-order valence-electron chi connectivity index (χ0n) is 11.0. The van der Waals surface area contributed by atoms with Crippen LogP contribution >= 0.6 is 0 Å². The molecular formula is C13H18N2O4. The van der Waals surface area contributed by atoms with Crippen LogP contribution in [-0.2, 0) is 14.3 Å². The maximum absolute atomic E-state index is 11.7. The number of carbonyl (C=O) groups excluding carboxylic acids is 2. The Morgan fingerprint density at radius 2 is 1.89 bits per heavy atom. The minimum atomic E-state index is -0.416. The molecule has 1 rings (SSSR count). The van der Waals surface area contributed by atoms with Crippen molar-refractivity contribution in [3.63, 3.8) is 0 Å². The second-order valence-electron chi connectivity index (χ2n) is 3.91. The molecule has 0 radical (unpaired) electrons. The largest absolute Gasteiger partial charge is 0.465 e. The number of nitrogens with two attached hydrogens (primary N) is 1. The number of amides is 1. The lowest BCUT2D eigenvalue weighted by Crippen LogP contribution is -2.28. The van der Waals surface area contributed by atoms with Crippen molar-refractivity contribution in [2.45, 2.75) is 12.5 Å². The maximum atomic E-state index is 11.7. The first kappa shape index (κ1) is 15.1. The monoisotopic (exact) mass is 266 g/mol. The van der Waals surface area contributed by atoms with Crippen molar-refractivity contribution >= 4 is 17.6 Å². The summed E-state index contributed by atoms with van der Waals surface area (Å²) < 4.78 is 9.61. The van der Waals surface area contributed by atoms with Gasteiger partial charge in [-0.05, 0) is 24.3 Å². The lowest BCUT2D eigenvalue weighted by atomic mass is 10.2. The summed E-state index contributed by atoms with van der Waals surface area (Å²) in [6.45, 7) is 0.283. The molecular weight excluding hydrogens is 248 g/mol. The minimum Gasteiger partial charge on any atom is -0.465 e. The summed E-state index contributed by atoms with van der Waals surface area (Å²) in [5.41, 5.74) is 6.47. The van der Waals surface area contributed by atoms with Crippen molar-refractivity contribution in [1.29, 1.82) is 0 Å². The molecule has 0 aliphatic heterocycles. The number of rotatable bonds is 6. The zero-order valence-corrected chi connectivity index (χ0v) is 11.0. The van der Waals surface area contributed by atoms with E-state index in [2.05, 4.69) is 10.1 Å². The Kier molecular flexibility index (Phi) is 5.98. The van der Waals surface area contributed by atoms with E-state index < -0.39 is 5.97 Å². The molecule has 1 aromatic carbocycles. The molecule has 1 atom stereocenters. The van der Waals surface area contributed by atoms with Crippen LogP contribution in [0.5, 0.6) is 0 Å². The van der Waals surface area contributed by atoms with Crippen LogP contribution in [0.1, 0.15) is 16.8 Å². The molecule has 19 heavy (non-hydrogen) atoms. The third-order valence-electron chi connectivity index (χ3n) is 2.60. The van der Waals surface area contributed by atoms with Gasteiger partial charge in [0.15, 0.2) is 0 Å². The highest BCUT2D eigenvalue weighted by molar-refractivity contribution is 5.93. The second-order valence-corrected chi connectivity index (χ2v) is 3.91. The van der Waals surface area contributed by atoms with Gasteiger partial charge in [0.25, 0.3) is 0 Å². The van der Waals surface area contributed by atoms with Crippen LogP contribution in [-0.4, -0.2) is 38.7 Å². The average molecular weight is 266 g/mol. The molecule has 104 valence electrons. The summed E-state index contributed by atoms with van der Waals surface area (Å²) in [5.74, 6) is -0.608. The van der Waals surface area contributed by atoms with E-state index in [9.17, 15) is 9.59 Å². The third-order valence-corrected chi connectivity index (χ3v) is 2.60. The molecule has 1 amide bonds. The van der Waals surface area contributed by atoms with Gasteiger partial charge in [0.05, 0.1) is 25.2 Å². The summed E-state index contributed by atoms with van der Waals surface area (Å²) in [6.07, 6.45) is -0.111. The van der Waals surface area contributed by atoms with Gasteiger partial charge in [-0.1, -0.05) is 0 Å². The molecule has 0 spiro atoms. The molecule has 0 saturated carbocycles. The third kappa shape index (κ3) is 4.69. The van der Waals surface area contributed by atoms with E-state index in [1.54, 1.807) is 24.3 Å². The normalized spacial score (nSPS) is 11.7. The maximum Gasteiger partial charge on any atom is 0.337 e. The Balaban J connectivity index is 2.58. The fraction of sp³-hybridized carbons (Fsp3) is 0.385. The van der Waals surface area contributed by atoms with Crippen LogP contribution in [0, 0.1) is 0 Å². The second kappa shape index (κ2) is 7.50. The van der Waals surface area contributed by atoms with E-state index in [1.807, 2.05) is 0 Å². The highest BCUT2D eigenvalue weighted by atomic mass is 16.5. The van der Waals surface area contributed by atoms with E-state index in [4.69, 9.17) is 10.5 Å². The van der Waals surface area contributed by atoms with Crippen molar-refractivity contribution in [1.82, 2.24) is 0 Å². The fourth-order valence-corrected chi connectivity index (χ4v) is 1.49. The standard InChI is InChI=1S/C13H18N2O4/c1-18-11(8-14)7-12(16)15-10-5-3-9(4-6-10)13(17)19-2/h3-6,11H,7-8,14H2,1-2H3,(H,15,16). The predicted molar refractivity (Wildman–Crippen MR) is 70.9 cm³/mol. The molecule has 0 aliphatic rings. The van der Waals surface area contributed by atoms with Crippen molar-refractivity contribution < 1.29 is 19.1 Å². The molecule has 6 heteroatoms. The number of methoxy groups -OCH3 is 2. The number of hydrogen-bond acceptors (Lipinski definition) is 5. The van der Waals surface area contributed by atoms with Crippen LogP contribution < -0.4 is 11.1 Å². The number of benzene rings is 1. The van der Waals surface area contributed by atoms with Crippen molar-refractivity contribution in [2.75, 3.05) is 26.1 Å². The summed E-state index contributed by atoms with van der Waals surface area (Å²) in [5, 5.41) is 2.70. The summed E-state index contributed by atoms with van der Waals surface area (Å²) in [7, 11) is 2.83. The molecule has 1 aromatic rings. The molecule has 0 saturated heterocycles. The predicted octanol–water partition coefficient (Wildman–Crippen LogP) is 0.775. The fourth-order valence-electron chi connectivity index (χ4n) is 1.49. The highest BCUT2D eigenvalue weighted by Gasteiger charge is 2.12. The van der Waals surface area contributed by atoms with Gasteiger partial charge in [0.2, 0.25) is 5.91 Å². The topological polar surface area (TPSA) is 90.7 Å². The van der Waals surface area contributed by atoms with Crippen molar-refractivity contribution in [2.24, 2.45) is 5.73 Å². The first-order valence-corrected chi connectivity index (χ1v) is 5.81. The first-order chi connectivity index (χ1) is 9.10. The van der Waals surface area contributed by atoms with Gasteiger partial charge in [0, 0.05) is 19.3 Å². The molecule has 3 N–H and O–H groups in total. The molecule has 0 fully saturated rings. The lowest BCUT2D eigenvalue weighted by molar-refractivity contribution is -0.118. The van der Waals surface area contributed by atoms with Gasteiger partial charge >= 0.3 is 5.97 Å². The van der Waals surface area contributed by atoms with E-state index in [1.165, 1.54) is 14.2 Å². The first-order valence-electron chi connectivity index (χ1n) is 5.81. The number of carbonyl (C=O) groups is 2. The van der Waals surface area contributed by atoms with Crippen LogP contribution in [0.2, 0.25) is 0 Å². The summed E-state index contributed by atoms with van der Waals surface area (Å²) in [4.78, 5) is 22.9. The Hall–Kier alpha value is -1.92. The Morgan fingerprint density at radius 1 is 1.26 bits per heavy atom. The number of ether oxygens (including phenoxy) is 2. The number of anilines is 1. The Morgan fingerprint density at radius 3 is 2.37 bits per heavy atom. The van der Waals surface area contributed by atoms with Crippen LogP contribution in [0.3, 0.4) is 0 Å². The lowest BCUT2D eigenvalue weighted by Gasteiger charge is -2.12. The Labute approximate surface area is 111 Å². The van der Waals surface area contributed by atoms with Gasteiger partial charge in [-0.15, -0.1) is 0 Å². The van der Waals surface area contributed by atoms with Gasteiger partial charge < -0.3 is 20.5 Å². The zero-order chi connectivity index (χ0) is 14.3. The molecule has 0 bridgehead atoms. The van der Waals surface area contributed by atoms with Gasteiger partial charge in [-0.3, -0.25) is 4.79 Å². The van der Waals surface area contributed by atoms with E-state index >= 15 is 0 Å². The van der Waals surface area contributed by atoms with Crippen molar-refractivity contribution in [3.8, 4) is 0 Å². The average Bonchev–Trinajstić information content (AvgIpc) is 2.44. The van der Waals surface area contributed by atoms with E-state index in [0.29, 0.717) is 11.3 Å². The van der Waals surface area contributed by atoms with Gasteiger partial charge in [0.1, 0.15) is 0 Å². The summed E-state index contributed by atoms with van der Waals surface area (Å²) in [6, 6.07) is 6.43. The molecule has 1 unspecified atom stereocenters. The smallest absolute Gasteiger partial charge is 0.337 e. The van der Waals surface area contributed by atoms with Crippen molar-refractivity contribution in [3.05, 3.63) is 29.8 Å². The molecule has 0 aliphatic carbocycles. The highest BCUT2D eigenvalue weighted by Crippen LogP contribution is 2.11. The van der Waals surface area contributed by atoms with Crippen LogP contribution in [0.25, 0.3) is 0 Å². The molecule has 6 nitrogen and oxygen atoms in total. The van der Waals surface area contributed by atoms with E-state index in [-0.39, 0.29) is 25.0 Å². The SMILES string of the molecule is COC(=O)c1ccc(NC(=O)CC(CN)OC)cc1. The quantitative estimate of drug-likeness (QED) is 0.742. The molecule has 0 heterocycles. The van der Waals surface area contributed by atoms with Crippen LogP contribution in [0.4, 0.5) is 5.69 Å². The van der Waals surface area contributed by atoms with Crippen LogP contribution in [0.15, 0.2) is 24.3 Å². The van der Waals surface area contributed by atoms with Gasteiger partial charge in [-0.2, -0.15) is 0 Å². The number of nitrogens with one attached hydrogen (secondary N) is 1.